The van der Waals surface area contributed by atoms with Crippen LogP contribution in [0.1, 0.15) is 78.8 Å². The van der Waals surface area contributed by atoms with Crippen LogP contribution < -0.4 is 0 Å². The Bertz CT molecular complexity index is 1150. The molecule has 1 saturated heterocycles. The number of allylic oxidation sites excluding steroid dienone is 3. The molecule has 12 nitrogen and oxygen atoms in total. The number of rotatable bonds is 10. The summed E-state index contributed by atoms with van der Waals surface area (Å²) < 4.78 is 31.1. The lowest BCUT2D eigenvalue weighted by atomic mass is 9.83. The number of aryl methyl sites for hydroxylation is 1. The van der Waals surface area contributed by atoms with Crippen molar-refractivity contribution in [3.63, 3.8) is 0 Å². The molecule has 1 fully saturated rings. The van der Waals surface area contributed by atoms with Gasteiger partial charge in [-0.2, -0.15) is 0 Å². The number of carbonyl (C=O) groups is 2. The molecule has 2 aliphatic rings. The summed E-state index contributed by atoms with van der Waals surface area (Å²) in [6.45, 7) is 10.4. The number of hydrogen-bond acceptors (Lipinski definition) is 11. The number of ether oxygens (including phenoxy) is 5. The molecule has 0 radical (unpaired) electrons. The van der Waals surface area contributed by atoms with Crippen LogP contribution in [-0.4, -0.2) is 94.6 Å². The van der Waals surface area contributed by atoms with Crippen LogP contribution in [0.15, 0.2) is 30.0 Å². The van der Waals surface area contributed by atoms with Crippen molar-refractivity contribution in [1.29, 1.82) is 0 Å². The summed E-state index contributed by atoms with van der Waals surface area (Å²) in [4.78, 5) is 26.4. The summed E-state index contributed by atoms with van der Waals surface area (Å²) in [5, 5.41) is 27.9. The van der Waals surface area contributed by atoms with Gasteiger partial charge in [0.15, 0.2) is 12.1 Å². The van der Waals surface area contributed by atoms with E-state index in [1.54, 1.807) is 23.9 Å². The number of ketones is 1. The van der Waals surface area contributed by atoms with Gasteiger partial charge in [-0.25, -0.2) is 0 Å². The maximum absolute atomic E-state index is 13.2. The van der Waals surface area contributed by atoms with Crippen molar-refractivity contribution in [2.45, 2.75) is 123 Å². The third-order valence-electron chi connectivity index (χ3n) is 9.17. The quantitative estimate of drug-likeness (QED) is 0.356. The molecule has 12 heteroatoms. The number of aliphatic hydroxyl groups is 2. The molecule has 10 atom stereocenters. The van der Waals surface area contributed by atoms with Crippen LogP contribution in [0.25, 0.3) is 0 Å². The number of hydrogen-bond donors (Lipinski definition) is 2. The van der Waals surface area contributed by atoms with Crippen molar-refractivity contribution in [2.24, 2.45) is 23.7 Å². The lowest BCUT2D eigenvalue weighted by Gasteiger charge is -2.42. The normalized spacial score (nSPS) is 33.9. The zero-order valence-corrected chi connectivity index (χ0v) is 28.5. The van der Waals surface area contributed by atoms with E-state index in [0.717, 1.165) is 18.4 Å². The van der Waals surface area contributed by atoms with Crippen molar-refractivity contribution in [1.82, 2.24) is 15.0 Å². The second-order valence-electron chi connectivity index (χ2n) is 13.0. The lowest BCUT2D eigenvalue weighted by Crippen LogP contribution is -2.59. The number of cyclic esters (lactones) is 1. The lowest BCUT2D eigenvalue weighted by molar-refractivity contribution is -0.304. The summed E-state index contributed by atoms with van der Waals surface area (Å²) >= 11 is 0. The van der Waals surface area contributed by atoms with E-state index in [1.165, 1.54) is 14.2 Å². The molecule has 0 aliphatic carbocycles. The first kappa shape index (κ1) is 38.0. The minimum Gasteiger partial charge on any atom is -0.462 e. The molecule has 3 heterocycles. The topological polar surface area (TPSA) is 151 Å². The molecule has 1 aromatic rings. The Morgan fingerprint density at radius 1 is 1.09 bits per heavy atom. The van der Waals surface area contributed by atoms with E-state index in [9.17, 15) is 19.8 Å². The molecule has 260 valence electrons. The molecule has 2 N–H and O–H groups in total. The summed E-state index contributed by atoms with van der Waals surface area (Å²) in [6.07, 6.45) is 7.11. The van der Waals surface area contributed by atoms with Gasteiger partial charge in [-0.3, -0.25) is 14.3 Å². The summed E-state index contributed by atoms with van der Waals surface area (Å²) in [7, 11) is 3.03. The van der Waals surface area contributed by atoms with Crippen molar-refractivity contribution in [2.75, 3.05) is 20.8 Å². The van der Waals surface area contributed by atoms with E-state index < -0.39 is 36.8 Å². The monoisotopic (exact) mass is 649 g/mol. The molecule has 3 rings (SSSR count). The van der Waals surface area contributed by atoms with E-state index in [-0.39, 0.29) is 48.6 Å². The van der Waals surface area contributed by atoms with E-state index in [1.807, 2.05) is 32.9 Å². The Balaban J connectivity index is 1.78. The second-order valence-corrected chi connectivity index (χ2v) is 13.0. The van der Waals surface area contributed by atoms with E-state index in [4.69, 9.17) is 23.7 Å². The van der Waals surface area contributed by atoms with Gasteiger partial charge in [0.05, 0.1) is 25.5 Å². The third-order valence-corrected chi connectivity index (χ3v) is 9.17. The van der Waals surface area contributed by atoms with Crippen molar-refractivity contribution in [3.05, 3.63) is 35.7 Å². The summed E-state index contributed by atoms with van der Waals surface area (Å²) in [6, 6.07) is 0. The fraction of sp³-hybridized carbons (Fsp3) is 0.765. The molecule has 2 aliphatic heterocycles. The van der Waals surface area contributed by atoms with E-state index >= 15 is 0 Å². The van der Waals surface area contributed by atoms with Gasteiger partial charge in [-0.15, -0.1) is 5.10 Å². The van der Waals surface area contributed by atoms with Gasteiger partial charge in [0.25, 0.3) is 0 Å². The highest BCUT2D eigenvalue weighted by Gasteiger charge is 2.45. The van der Waals surface area contributed by atoms with Crippen LogP contribution in [0.5, 0.6) is 0 Å². The maximum Gasteiger partial charge on any atom is 0.306 e. The van der Waals surface area contributed by atoms with Crippen LogP contribution in [0.3, 0.4) is 0 Å². The minimum absolute atomic E-state index is 0.0591. The third kappa shape index (κ3) is 11.1. The van der Waals surface area contributed by atoms with Crippen LogP contribution in [-0.2, 0) is 46.4 Å². The van der Waals surface area contributed by atoms with Crippen LogP contribution in [0, 0.1) is 23.7 Å². The molecule has 0 saturated carbocycles. The van der Waals surface area contributed by atoms with E-state index in [0.29, 0.717) is 37.9 Å². The van der Waals surface area contributed by atoms with Gasteiger partial charge in [-0.1, -0.05) is 43.7 Å². The number of methoxy groups -OCH3 is 2. The molecule has 0 spiro atoms. The SMILES string of the molecule is CCC1OC(=O)CCC(C)CC(CCn2cc(CO)nn2)CC(C)C(=O)C=CC(C)=CC1COC1OC(C)C(O)C(OC)C1OC. The Hall–Kier alpha value is -2.48. The molecular formula is C34H55N3O9. The van der Waals surface area contributed by atoms with Gasteiger partial charge in [0.2, 0.25) is 0 Å². The van der Waals surface area contributed by atoms with Crippen molar-refractivity contribution in [3.8, 4) is 0 Å². The van der Waals surface area contributed by atoms with Crippen molar-refractivity contribution < 1.29 is 43.5 Å². The predicted octanol–water partition coefficient (Wildman–Crippen LogP) is 3.78. The van der Waals surface area contributed by atoms with Gasteiger partial charge in [0.1, 0.15) is 30.1 Å². The Morgan fingerprint density at radius 3 is 2.48 bits per heavy atom. The number of esters is 1. The molecule has 0 bridgehead atoms. The maximum atomic E-state index is 13.2. The fourth-order valence-corrected chi connectivity index (χ4v) is 6.41. The molecule has 10 unspecified atom stereocenters. The minimum atomic E-state index is -0.875. The van der Waals surface area contributed by atoms with Gasteiger partial charge in [-0.05, 0) is 63.9 Å². The Morgan fingerprint density at radius 2 is 1.83 bits per heavy atom. The Labute approximate surface area is 273 Å². The highest BCUT2D eigenvalue weighted by Crippen LogP contribution is 2.30. The number of aliphatic hydroxyl groups excluding tert-OH is 2. The van der Waals surface area contributed by atoms with Crippen LogP contribution in [0.4, 0.5) is 0 Å². The number of aromatic nitrogens is 3. The first-order chi connectivity index (χ1) is 22.0. The highest BCUT2D eigenvalue weighted by atomic mass is 16.7. The average Bonchev–Trinajstić information content (AvgIpc) is 3.51. The van der Waals surface area contributed by atoms with Crippen molar-refractivity contribution >= 4 is 11.8 Å². The van der Waals surface area contributed by atoms with Crippen LogP contribution >= 0.6 is 0 Å². The molecule has 0 amide bonds. The first-order valence-corrected chi connectivity index (χ1v) is 16.6. The van der Waals surface area contributed by atoms with Crippen LogP contribution in [0.2, 0.25) is 0 Å². The second kappa shape index (κ2) is 18.8. The standard InChI is InChI=1S/C34H55N3O9/c1-8-29-26(20-44-34-33(43-7)32(42-6)31(41)24(5)45-34)16-22(3)9-11-28(39)23(4)17-25(15-21(2)10-12-30(40)46-29)13-14-37-18-27(19-38)35-36-37/h9,11,16,18,21,23-26,29,31-34,38,41H,8,10,12-15,17,19-20H2,1-7H3. The largest absolute Gasteiger partial charge is 0.462 e. The highest BCUT2D eigenvalue weighted by molar-refractivity contribution is 5.91. The molecule has 46 heavy (non-hydrogen) atoms. The smallest absolute Gasteiger partial charge is 0.306 e. The average molecular weight is 650 g/mol. The predicted molar refractivity (Wildman–Crippen MR) is 170 cm³/mol. The van der Waals surface area contributed by atoms with Gasteiger partial charge >= 0.3 is 5.97 Å². The molecule has 0 aromatic carbocycles. The number of carbonyl (C=O) groups excluding carboxylic acids is 2. The van der Waals surface area contributed by atoms with Gasteiger partial charge in [0, 0.05) is 39.0 Å². The first-order valence-electron chi connectivity index (χ1n) is 16.6. The fourth-order valence-electron chi connectivity index (χ4n) is 6.41. The number of nitrogens with zero attached hydrogens (tertiary/aromatic N) is 3. The Kier molecular flexibility index (Phi) is 15.5. The van der Waals surface area contributed by atoms with Gasteiger partial charge < -0.3 is 33.9 Å². The zero-order valence-electron chi connectivity index (χ0n) is 28.5. The summed E-state index contributed by atoms with van der Waals surface area (Å²) in [5.41, 5.74) is 1.37. The molecular weight excluding hydrogens is 594 g/mol. The summed E-state index contributed by atoms with van der Waals surface area (Å²) in [5.74, 6) is -0.206. The molecule has 1 aromatic heterocycles. The van der Waals surface area contributed by atoms with E-state index in [2.05, 4.69) is 17.2 Å². The zero-order chi connectivity index (χ0) is 33.8.